The zero-order chi connectivity index (χ0) is 18.4. The molecule has 0 aliphatic heterocycles. The molecule has 4 heteroatoms. The lowest BCUT2D eigenvalue weighted by Gasteiger charge is -2.25. The van der Waals surface area contributed by atoms with Crippen molar-refractivity contribution in [3.05, 3.63) is 71.3 Å². The van der Waals surface area contributed by atoms with Crippen LogP contribution >= 0.6 is 0 Å². The molecule has 136 valence electrons. The highest BCUT2D eigenvalue weighted by atomic mass is 16.4. The van der Waals surface area contributed by atoms with Crippen molar-refractivity contribution in [2.45, 2.75) is 44.6 Å². The quantitative estimate of drug-likeness (QED) is 0.778. The van der Waals surface area contributed by atoms with Crippen molar-refractivity contribution in [2.75, 3.05) is 0 Å². The fourth-order valence-corrected chi connectivity index (χ4v) is 3.87. The Morgan fingerprint density at radius 1 is 1.00 bits per heavy atom. The molecule has 0 radical (unpaired) electrons. The summed E-state index contributed by atoms with van der Waals surface area (Å²) >= 11 is 0. The first-order chi connectivity index (χ1) is 12.6. The highest BCUT2D eigenvalue weighted by molar-refractivity contribution is 5.89. The normalized spacial score (nSPS) is 15.5. The second-order valence-corrected chi connectivity index (χ2v) is 6.96. The maximum Gasteiger partial charge on any atom is 0.335 e. The number of benzene rings is 2. The molecule has 1 atom stereocenters. The summed E-state index contributed by atoms with van der Waals surface area (Å²) < 4.78 is 0. The third-order valence-corrected chi connectivity index (χ3v) is 5.22. The third-order valence-electron chi connectivity index (χ3n) is 5.22. The van der Waals surface area contributed by atoms with E-state index in [1.807, 2.05) is 24.3 Å². The van der Waals surface area contributed by atoms with Crippen LogP contribution in [0.25, 0.3) is 0 Å². The van der Waals surface area contributed by atoms with Crippen LogP contribution in [0.4, 0.5) is 0 Å². The predicted molar refractivity (Wildman–Crippen MR) is 101 cm³/mol. The predicted octanol–water partition coefficient (Wildman–Crippen LogP) is 4.37. The number of hydrogen-bond donors (Lipinski definition) is 2. The zero-order valence-electron chi connectivity index (χ0n) is 14.9. The van der Waals surface area contributed by atoms with E-state index >= 15 is 0 Å². The Hall–Kier alpha value is -2.62. The lowest BCUT2D eigenvalue weighted by Crippen LogP contribution is -2.33. The molecule has 26 heavy (non-hydrogen) atoms. The summed E-state index contributed by atoms with van der Waals surface area (Å²) in [6, 6.07) is 17.1. The summed E-state index contributed by atoms with van der Waals surface area (Å²) in [7, 11) is 0. The molecule has 0 heterocycles. The van der Waals surface area contributed by atoms with Crippen molar-refractivity contribution in [2.24, 2.45) is 5.92 Å². The number of carboxylic acids is 1. The van der Waals surface area contributed by atoms with Crippen molar-refractivity contribution in [3.8, 4) is 0 Å². The van der Waals surface area contributed by atoms with Gasteiger partial charge in [0.05, 0.1) is 11.6 Å². The molecule has 1 amide bonds. The highest BCUT2D eigenvalue weighted by Crippen LogP contribution is 2.35. The summed E-state index contributed by atoms with van der Waals surface area (Å²) in [6.45, 7) is 0. The average Bonchev–Trinajstić information content (AvgIpc) is 3.19. The van der Waals surface area contributed by atoms with Crippen molar-refractivity contribution in [3.63, 3.8) is 0 Å². The largest absolute Gasteiger partial charge is 0.478 e. The summed E-state index contributed by atoms with van der Waals surface area (Å²) in [5.74, 6) is -0.493. The van der Waals surface area contributed by atoms with Gasteiger partial charge in [-0.15, -0.1) is 0 Å². The first kappa shape index (κ1) is 18.2. The Kier molecular flexibility index (Phi) is 6.05. The van der Waals surface area contributed by atoms with E-state index in [1.54, 1.807) is 18.2 Å². The summed E-state index contributed by atoms with van der Waals surface area (Å²) in [6.07, 6.45) is 5.44. The van der Waals surface area contributed by atoms with Gasteiger partial charge in [0.15, 0.2) is 0 Å². The monoisotopic (exact) mass is 351 g/mol. The van der Waals surface area contributed by atoms with Crippen LogP contribution in [0.1, 0.15) is 59.6 Å². The number of nitrogens with one attached hydrogen (secondary N) is 1. The third kappa shape index (κ3) is 4.51. The first-order valence-electron chi connectivity index (χ1n) is 9.30. The number of aromatic carboxylic acids is 1. The molecule has 0 aromatic heterocycles. The Morgan fingerprint density at radius 2 is 1.65 bits per heavy atom. The van der Waals surface area contributed by atoms with Crippen molar-refractivity contribution >= 4 is 11.9 Å². The molecule has 1 aliphatic rings. The Morgan fingerprint density at radius 3 is 2.35 bits per heavy atom. The van der Waals surface area contributed by atoms with E-state index < -0.39 is 5.97 Å². The smallest absolute Gasteiger partial charge is 0.335 e. The van der Waals surface area contributed by atoms with Crippen LogP contribution in [0, 0.1) is 5.92 Å². The number of carbonyl (C=O) groups is 2. The van der Waals surface area contributed by atoms with Gasteiger partial charge in [-0.2, -0.15) is 0 Å². The van der Waals surface area contributed by atoms with E-state index in [4.69, 9.17) is 0 Å². The maximum absolute atomic E-state index is 12.6. The van der Waals surface area contributed by atoms with E-state index in [0.29, 0.717) is 24.3 Å². The first-order valence-corrected chi connectivity index (χ1v) is 9.30. The molecule has 3 rings (SSSR count). The fraction of sp³-hybridized carbons (Fsp3) is 0.364. The standard InChI is InChI=1S/C22H25NO3/c24-20(15-14-16-8-6-7-13-19(16)22(25)26)23-21(18-11-4-5-12-18)17-9-2-1-3-10-17/h1-3,6-10,13,18,21H,4-5,11-12,14-15H2,(H,23,24)(H,25,26). The molecule has 2 aromatic carbocycles. The Bertz CT molecular complexity index is 751. The van der Waals surface area contributed by atoms with Crippen LogP contribution in [-0.2, 0) is 11.2 Å². The van der Waals surface area contributed by atoms with Crippen LogP contribution in [-0.4, -0.2) is 17.0 Å². The molecule has 4 nitrogen and oxygen atoms in total. The molecular weight excluding hydrogens is 326 g/mol. The lowest BCUT2D eigenvalue weighted by molar-refractivity contribution is -0.122. The van der Waals surface area contributed by atoms with E-state index in [-0.39, 0.29) is 17.5 Å². The van der Waals surface area contributed by atoms with E-state index in [1.165, 1.54) is 12.8 Å². The molecule has 1 fully saturated rings. The minimum atomic E-state index is -0.950. The van der Waals surface area contributed by atoms with E-state index in [2.05, 4.69) is 17.4 Å². The molecule has 1 unspecified atom stereocenters. The summed E-state index contributed by atoms with van der Waals surface area (Å²) in [5, 5.41) is 12.5. The second-order valence-electron chi connectivity index (χ2n) is 6.96. The van der Waals surface area contributed by atoms with Crippen molar-refractivity contribution in [1.82, 2.24) is 5.32 Å². The van der Waals surface area contributed by atoms with Gasteiger partial charge in [-0.05, 0) is 42.4 Å². The van der Waals surface area contributed by atoms with Crippen molar-refractivity contribution in [1.29, 1.82) is 0 Å². The van der Waals surface area contributed by atoms with E-state index in [9.17, 15) is 14.7 Å². The minimum Gasteiger partial charge on any atom is -0.478 e. The van der Waals surface area contributed by atoms with E-state index in [0.717, 1.165) is 18.4 Å². The van der Waals surface area contributed by atoms with Crippen molar-refractivity contribution < 1.29 is 14.7 Å². The SMILES string of the molecule is O=C(CCc1ccccc1C(=O)O)NC(c1ccccc1)C1CCCC1. The molecule has 0 spiro atoms. The van der Waals surface area contributed by atoms with Gasteiger partial charge in [-0.1, -0.05) is 61.4 Å². The van der Waals surface area contributed by atoms with Gasteiger partial charge >= 0.3 is 5.97 Å². The topological polar surface area (TPSA) is 66.4 Å². The van der Waals surface area contributed by atoms with Gasteiger partial charge < -0.3 is 10.4 Å². The maximum atomic E-state index is 12.6. The number of amides is 1. The highest BCUT2D eigenvalue weighted by Gasteiger charge is 2.27. The van der Waals surface area contributed by atoms with Gasteiger partial charge in [0, 0.05) is 6.42 Å². The molecule has 0 bridgehead atoms. The number of carbonyl (C=O) groups excluding carboxylic acids is 1. The van der Waals surface area contributed by atoms with Crippen LogP contribution in [0.2, 0.25) is 0 Å². The molecule has 1 aliphatic carbocycles. The Balaban J connectivity index is 1.66. The van der Waals surface area contributed by atoms with Gasteiger partial charge in [0.25, 0.3) is 0 Å². The Labute approximate surface area is 154 Å². The number of aryl methyl sites for hydroxylation is 1. The lowest BCUT2D eigenvalue weighted by atomic mass is 9.91. The van der Waals surface area contributed by atoms with Crippen LogP contribution in [0.3, 0.4) is 0 Å². The minimum absolute atomic E-state index is 0.0223. The van der Waals surface area contributed by atoms with Crippen LogP contribution in [0.15, 0.2) is 54.6 Å². The number of hydrogen-bond acceptors (Lipinski definition) is 2. The zero-order valence-corrected chi connectivity index (χ0v) is 14.9. The van der Waals surface area contributed by atoms with Crippen LogP contribution in [0.5, 0.6) is 0 Å². The summed E-state index contributed by atoms with van der Waals surface area (Å²) in [4.78, 5) is 23.9. The number of carboxylic acid groups (broad SMARTS) is 1. The molecule has 2 N–H and O–H groups in total. The summed E-state index contributed by atoms with van der Waals surface area (Å²) in [5.41, 5.74) is 2.13. The molecule has 1 saturated carbocycles. The second kappa shape index (κ2) is 8.65. The van der Waals surface area contributed by atoms with Crippen LogP contribution < -0.4 is 5.32 Å². The number of rotatable bonds is 7. The van der Waals surface area contributed by atoms with Gasteiger partial charge in [-0.25, -0.2) is 4.79 Å². The van der Waals surface area contributed by atoms with Gasteiger partial charge in [0.1, 0.15) is 0 Å². The average molecular weight is 351 g/mol. The van der Waals surface area contributed by atoms with Gasteiger partial charge in [0.2, 0.25) is 5.91 Å². The molecular formula is C22H25NO3. The van der Waals surface area contributed by atoms with Gasteiger partial charge in [-0.3, -0.25) is 4.79 Å². The fourth-order valence-electron chi connectivity index (χ4n) is 3.87. The molecule has 0 saturated heterocycles. The molecule has 2 aromatic rings.